The van der Waals surface area contributed by atoms with Gasteiger partial charge in [0.15, 0.2) is 0 Å². The van der Waals surface area contributed by atoms with E-state index in [0.29, 0.717) is 18.0 Å². The highest BCUT2D eigenvalue weighted by molar-refractivity contribution is 6.31. The summed E-state index contributed by atoms with van der Waals surface area (Å²) >= 11 is 6.26. The molecule has 1 aromatic heterocycles. The van der Waals surface area contributed by atoms with Crippen molar-refractivity contribution in [3.05, 3.63) is 16.4 Å². The molecule has 5 heteroatoms. The van der Waals surface area contributed by atoms with Crippen LogP contribution < -0.4 is 5.32 Å². The first-order chi connectivity index (χ1) is 8.06. The Bertz CT molecular complexity index is 397. The molecule has 17 heavy (non-hydrogen) atoms. The van der Waals surface area contributed by atoms with Gasteiger partial charge in [0, 0.05) is 19.5 Å². The fraction of sp³-hybridized carbons (Fsp3) is 0.750. The van der Waals surface area contributed by atoms with Gasteiger partial charge in [0.25, 0.3) is 0 Å². The molecule has 2 rings (SSSR count). The van der Waals surface area contributed by atoms with E-state index in [1.807, 2.05) is 18.5 Å². The fourth-order valence-electron chi connectivity index (χ4n) is 2.45. The molecule has 96 valence electrons. The lowest BCUT2D eigenvalue weighted by molar-refractivity contribution is 0.0152. The number of hydrogen-bond acceptors (Lipinski definition) is 3. The molecule has 1 fully saturated rings. The molecule has 0 aliphatic carbocycles. The Labute approximate surface area is 107 Å². The van der Waals surface area contributed by atoms with Crippen molar-refractivity contribution >= 4 is 11.6 Å². The first-order valence-electron chi connectivity index (χ1n) is 6.20. The predicted octanol–water partition coefficient (Wildman–Crippen LogP) is 1.52. The number of aromatic nitrogens is 2. The first-order valence-corrected chi connectivity index (χ1v) is 6.58. The van der Waals surface area contributed by atoms with Crippen LogP contribution in [0.5, 0.6) is 0 Å². The lowest BCUT2D eigenvalue weighted by Gasteiger charge is -2.32. The van der Waals surface area contributed by atoms with Crippen LogP contribution in [-0.2, 0) is 13.0 Å². The molecular weight excluding hydrogens is 238 g/mol. The van der Waals surface area contributed by atoms with Crippen molar-refractivity contribution in [3.8, 4) is 0 Å². The number of hydrogen-bond donors (Lipinski definition) is 2. The zero-order valence-corrected chi connectivity index (χ0v) is 11.2. The maximum atomic E-state index is 10.5. The summed E-state index contributed by atoms with van der Waals surface area (Å²) in [6.45, 7) is 6.35. The molecule has 1 saturated heterocycles. The van der Waals surface area contributed by atoms with Gasteiger partial charge in [0.05, 0.1) is 22.0 Å². The van der Waals surface area contributed by atoms with Crippen molar-refractivity contribution < 1.29 is 5.11 Å². The number of rotatable bonds is 3. The van der Waals surface area contributed by atoms with Crippen LogP contribution in [-0.4, -0.2) is 33.6 Å². The molecule has 1 aliphatic rings. The second kappa shape index (κ2) is 4.96. The van der Waals surface area contributed by atoms with E-state index < -0.39 is 5.60 Å². The van der Waals surface area contributed by atoms with Crippen LogP contribution in [0.2, 0.25) is 5.02 Å². The monoisotopic (exact) mass is 257 g/mol. The smallest absolute Gasteiger partial charge is 0.0848 e. The largest absolute Gasteiger partial charge is 0.388 e. The minimum atomic E-state index is -0.679. The highest BCUT2D eigenvalue weighted by Gasteiger charge is 2.32. The van der Waals surface area contributed by atoms with Gasteiger partial charge in [0.2, 0.25) is 0 Å². The average molecular weight is 258 g/mol. The van der Waals surface area contributed by atoms with Crippen LogP contribution in [0.1, 0.15) is 31.2 Å². The quantitative estimate of drug-likeness (QED) is 0.863. The molecule has 2 N–H and O–H groups in total. The van der Waals surface area contributed by atoms with Gasteiger partial charge in [-0.25, -0.2) is 0 Å². The molecule has 1 aliphatic heterocycles. The number of nitrogens with one attached hydrogen (secondary N) is 1. The van der Waals surface area contributed by atoms with E-state index >= 15 is 0 Å². The lowest BCUT2D eigenvalue weighted by atomic mass is 9.89. The molecule has 0 amide bonds. The van der Waals surface area contributed by atoms with Crippen LogP contribution in [0.3, 0.4) is 0 Å². The third-order valence-electron chi connectivity index (χ3n) is 3.40. The second-order valence-electron chi connectivity index (χ2n) is 4.84. The van der Waals surface area contributed by atoms with Gasteiger partial charge in [-0.3, -0.25) is 4.68 Å². The second-order valence-corrected chi connectivity index (χ2v) is 5.22. The Morgan fingerprint density at radius 3 is 2.94 bits per heavy atom. The van der Waals surface area contributed by atoms with Gasteiger partial charge in [-0.1, -0.05) is 11.6 Å². The standard InChI is InChI=1S/C12H20ClN3O/c1-3-16-10(11(13)9(2)15-16)7-12(17)5-4-6-14-8-12/h14,17H,3-8H2,1-2H3. The Kier molecular flexibility index (Phi) is 3.76. The molecule has 1 unspecified atom stereocenters. The van der Waals surface area contributed by atoms with Crippen LogP contribution in [0.25, 0.3) is 0 Å². The minimum absolute atomic E-state index is 0.577. The zero-order valence-electron chi connectivity index (χ0n) is 10.5. The van der Waals surface area contributed by atoms with Crippen LogP contribution in [0.15, 0.2) is 0 Å². The maximum absolute atomic E-state index is 10.5. The number of piperidine rings is 1. The van der Waals surface area contributed by atoms with Crippen molar-refractivity contribution in [1.29, 1.82) is 0 Å². The summed E-state index contributed by atoms with van der Waals surface area (Å²) in [5.41, 5.74) is 1.12. The first kappa shape index (κ1) is 12.9. The molecule has 2 heterocycles. The van der Waals surface area contributed by atoms with Crippen LogP contribution >= 0.6 is 11.6 Å². The topological polar surface area (TPSA) is 50.1 Å². The maximum Gasteiger partial charge on any atom is 0.0848 e. The van der Waals surface area contributed by atoms with Crippen molar-refractivity contribution in [3.63, 3.8) is 0 Å². The summed E-state index contributed by atoms with van der Waals surface area (Å²) in [5, 5.41) is 18.8. The van der Waals surface area contributed by atoms with Gasteiger partial charge in [-0.15, -0.1) is 0 Å². The average Bonchev–Trinajstić information content (AvgIpc) is 2.57. The Morgan fingerprint density at radius 1 is 1.59 bits per heavy atom. The van der Waals surface area contributed by atoms with Gasteiger partial charge >= 0.3 is 0 Å². The molecule has 1 aromatic rings. The predicted molar refractivity (Wildman–Crippen MR) is 68.4 cm³/mol. The third-order valence-corrected chi connectivity index (χ3v) is 3.89. The Balaban J connectivity index is 2.22. The molecule has 0 saturated carbocycles. The zero-order chi connectivity index (χ0) is 12.5. The normalized spacial score (nSPS) is 25.2. The number of aliphatic hydroxyl groups is 1. The summed E-state index contributed by atoms with van der Waals surface area (Å²) in [7, 11) is 0. The molecule has 0 radical (unpaired) electrons. The van der Waals surface area contributed by atoms with Gasteiger partial charge in [-0.2, -0.15) is 5.10 Å². The number of halogens is 1. The fourth-order valence-corrected chi connectivity index (χ4v) is 2.65. The van der Waals surface area contributed by atoms with Crippen molar-refractivity contribution in [2.45, 2.75) is 45.3 Å². The molecular formula is C12H20ClN3O. The van der Waals surface area contributed by atoms with Crippen molar-refractivity contribution in [1.82, 2.24) is 15.1 Å². The summed E-state index contributed by atoms with van der Waals surface area (Å²) in [6.07, 6.45) is 2.41. The number of β-amino-alcohol motifs (C(OH)–C–C–N with tert-alkyl or cyclic N) is 1. The van der Waals surface area contributed by atoms with Crippen molar-refractivity contribution in [2.24, 2.45) is 0 Å². The van der Waals surface area contributed by atoms with E-state index in [4.69, 9.17) is 11.6 Å². The summed E-state index contributed by atoms with van der Waals surface area (Å²) in [6, 6.07) is 0. The Hall–Kier alpha value is -0.580. The summed E-state index contributed by atoms with van der Waals surface area (Å²) < 4.78 is 1.89. The highest BCUT2D eigenvalue weighted by atomic mass is 35.5. The molecule has 0 aromatic carbocycles. The van der Waals surface area contributed by atoms with Crippen LogP contribution in [0.4, 0.5) is 0 Å². The SMILES string of the molecule is CCn1nc(C)c(Cl)c1CC1(O)CCCNC1. The van der Waals surface area contributed by atoms with Gasteiger partial charge in [-0.05, 0) is 33.2 Å². The van der Waals surface area contributed by atoms with E-state index in [2.05, 4.69) is 10.4 Å². The van der Waals surface area contributed by atoms with E-state index in [-0.39, 0.29) is 0 Å². The number of aryl methyl sites for hydroxylation is 2. The van der Waals surface area contributed by atoms with E-state index in [1.165, 1.54) is 0 Å². The van der Waals surface area contributed by atoms with Crippen LogP contribution in [0, 0.1) is 6.92 Å². The highest BCUT2D eigenvalue weighted by Crippen LogP contribution is 2.27. The minimum Gasteiger partial charge on any atom is -0.388 e. The van der Waals surface area contributed by atoms with Crippen molar-refractivity contribution in [2.75, 3.05) is 13.1 Å². The molecule has 1 atom stereocenters. The number of nitrogens with zero attached hydrogens (tertiary/aromatic N) is 2. The third kappa shape index (κ3) is 2.64. The lowest BCUT2D eigenvalue weighted by Crippen LogP contribution is -2.47. The van der Waals surface area contributed by atoms with Gasteiger partial charge in [0.1, 0.15) is 0 Å². The Morgan fingerprint density at radius 2 is 2.35 bits per heavy atom. The van der Waals surface area contributed by atoms with E-state index in [1.54, 1.807) is 0 Å². The molecule has 0 spiro atoms. The summed E-state index contributed by atoms with van der Waals surface area (Å²) in [5.74, 6) is 0. The molecule has 0 bridgehead atoms. The van der Waals surface area contributed by atoms with E-state index in [9.17, 15) is 5.11 Å². The van der Waals surface area contributed by atoms with Gasteiger partial charge < -0.3 is 10.4 Å². The molecule has 4 nitrogen and oxygen atoms in total. The van der Waals surface area contributed by atoms with E-state index in [0.717, 1.165) is 37.3 Å². The summed E-state index contributed by atoms with van der Waals surface area (Å²) in [4.78, 5) is 0.